The van der Waals surface area contributed by atoms with Crippen molar-refractivity contribution in [3.05, 3.63) is 53.0 Å². The summed E-state index contributed by atoms with van der Waals surface area (Å²) in [6.45, 7) is 6.15. The first kappa shape index (κ1) is 23.8. The number of halogens is 1. The molecule has 1 aliphatic rings. The first-order chi connectivity index (χ1) is 14.0. The smallest absolute Gasteiger partial charge is 0.289 e. The average Bonchev–Trinajstić information content (AvgIpc) is 3.20. The third-order valence-corrected chi connectivity index (χ3v) is 5.10. The van der Waals surface area contributed by atoms with Gasteiger partial charge in [0.1, 0.15) is 18.1 Å². The molecule has 1 aromatic heterocycles. The van der Waals surface area contributed by atoms with Gasteiger partial charge < -0.3 is 25.1 Å². The minimum Gasteiger partial charge on any atom is -0.485 e. The van der Waals surface area contributed by atoms with Gasteiger partial charge in [0, 0.05) is 26.2 Å². The van der Waals surface area contributed by atoms with Gasteiger partial charge in [0.2, 0.25) is 5.91 Å². The van der Waals surface area contributed by atoms with Crippen molar-refractivity contribution in [2.45, 2.75) is 33.3 Å². The van der Waals surface area contributed by atoms with Gasteiger partial charge in [-0.25, -0.2) is 0 Å². The quantitative estimate of drug-likeness (QED) is 0.696. The van der Waals surface area contributed by atoms with E-state index in [1.54, 1.807) is 17.0 Å². The van der Waals surface area contributed by atoms with Gasteiger partial charge in [-0.2, -0.15) is 0 Å². The molecule has 164 valence electrons. The van der Waals surface area contributed by atoms with E-state index in [4.69, 9.17) is 14.9 Å². The Bertz CT molecular complexity index is 868. The molecule has 2 aromatic rings. The van der Waals surface area contributed by atoms with Crippen LogP contribution >= 0.6 is 12.4 Å². The van der Waals surface area contributed by atoms with E-state index in [0.29, 0.717) is 31.9 Å². The van der Waals surface area contributed by atoms with Gasteiger partial charge in [-0.15, -0.1) is 12.4 Å². The molecule has 3 rings (SSSR count). The number of nitrogens with zero attached hydrogens (tertiary/aromatic N) is 1. The number of hydrogen-bond donors (Lipinski definition) is 2. The van der Waals surface area contributed by atoms with Gasteiger partial charge in [0.05, 0.1) is 5.92 Å². The number of piperidine rings is 1. The van der Waals surface area contributed by atoms with Crippen LogP contribution < -0.4 is 15.8 Å². The van der Waals surface area contributed by atoms with E-state index in [1.165, 1.54) is 5.56 Å². The summed E-state index contributed by atoms with van der Waals surface area (Å²) in [5.41, 5.74) is 7.67. The molecule has 1 atom stereocenters. The predicted octanol–water partition coefficient (Wildman–Crippen LogP) is 2.82. The number of carbonyl (C=O) groups is 2. The summed E-state index contributed by atoms with van der Waals surface area (Å²) in [6, 6.07) is 9.41. The Morgan fingerprint density at radius 1 is 1.27 bits per heavy atom. The molecular weight excluding hydrogens is 406 g/mol. The number of benzene rings is 1. The van der Waals surface area contributed by atoms with Gasteiger partial charge in [0.25, 0.3) is 5.91 Å². The molecule has 2 heterocycles. The number of amides is 2. The topological polar surface area (TPSA) is 97.8 Å². The van der Waals surface area contributed by atoms with E-state index < -0.39 is 0 Å². The molecular formula is C22H30ClN3O4. The summed E-state index contributed by atoms with van der Waals surface area (Å²) in [5.74, 6) is 1.20. The molecule has 8 heteroatoms. The van der Waals surface area contributed by atoms with Crippen LogP contribution in [0.1, 0.15) is 40.3 Å². The van der Waals surface area contributed by atoms with Crippen LogP contribution in [0, 0.1) is 19.8 Å². The van der Waals surface area contributed by atoms with Crippen molar-refractivity contribution >= 4 is 24.2 Å². The SMILES string of the molecule is Cc1ccc(OCc2ccc(C(=O)N3CCCC(C(=O)NCCN)C3)o2)c(C)c1.Cl. The van der Waals surface area contributed by atoms with Gasteiger partial charge in [0.15, 0.2) is 5.76 Å². The lowest BCUT2D eigenvalue weighted by atomic mass is 9.97. The number of ether oxygens (including phenoxy) is 1. The highest BCUT2D eigenvalue weighted by Crippen LogP contribution is 2.22. The van der Waals surface area contributed by atoms with Crippen LogP contribution in [0.3, 0.4) is 0 Å². The Hall–Kier alpha value is -2.51. The number of nitrogens with one attached hydrogen (secondary N) is 1. The molecule has 7 nitrogen and oxygen atoms in total. The molecule has 1 aliphatic heterocycles. The average molecular weight is 436 g/mol. The minimum absolute atomic E-state index is 0. The van der Waals surface area contributed by atoms with Crippen LogP contribution in [0.15, 0.2) is 34.7 Å². The van der Waals surface area contributed by atoms with Crippen LogP contribution in [0.2, 0.25) is 0 Å². The standard InChI is InChI=1S/C22H29N3O4.ClH/c1-15-5-7-19(16(2)12-15)28-14-18-6-8-20(29-18)22(27)25-11-3-4-17(13-25)21(26)24-10-9-23;/h5-8,12,17H,3-4,9-11,13-14,23H2,1-2H3,(H,24,26);1H. The first-order valence-electron chi connectivity index (χ1n) is 10.0. The number of aryl methyl sites for hydroxylation is 2. The van der Waals surface area contributed by atoms with Gasteiger partial charge in [-0.1, -0.05) is 17.7 Å². The first-order valence-corrected chi connectivity index (χ1v) is 10.0. The van der Waals surface area contributed by atoms with E-state index >= 15 is 0 Å². The third kappa shape index (κ3) is 6.00. The molecule has 0 aliphatic carbocycles. The van der Waals surface area contributed by atoms with E-state index in [0.717, 1.165) is 24.2 Å². The van der Waals surface area contributed by atoms with Crippen LogP contribution in [0.5, 0.6) is 5.75 Å². The van der Waals surface area contributed by atoms with Crippen molar-refractivity contribution in [1.29, 1.82) is 0 Å². The highest BCUT2D eigenvalue weighted by atomic mass is 35.5. The fraction of sp³-hybridized carbons (Fsp3) is 0.455. The van der Waals surface area contributed by atoms with Gasteiger partial charge in [-0.3, -0.25) is 9.59 Å². The summed E-state index contributed by atoms with van der Waals surface area (Å²) in [4.78, 5) is 26.7. The second kappa shape index (κ2) is 11.0. The fourth-order valence-corrected chi connectivity index (χ4v) is 3.55. The zero-order valence-corrected chi connectivity index (χ0v) is 18.3. The van der Waals surface area contributed by atoms with E-state index in [9.17, 15) is 9.59 Å². The molecule has 1 saturated heterocycles. The van der Waals surface area contributed by atoms with E-state index in [2.05, 4.69) is 11.4 Å². The Morgan fingerprint density at radius 3 is 2.80 bits per heavy atom. The van der Waals surface area contributed by atoms with E-state index in [1.807, 2.05) is 26.0 Å². The zero-order valence-electron chi connectivity index (χ0n) is 17.5. The zero-order chi connectivity index (χ0) is 20.8. The number of carbonyl (C=O) groups excluding carboxylic acids is 2. The highest BCUT2D eigenvalue weighted by Gasteiger charge is 2.30. The summed E-state index contributed by atoms with van der Waals surface area (Å²) < 4.78 is 11.5. The largest absolute Gasteiger partial charge is 0.485 e. The molecule has 1 unspecified atom stereocenters. The van der Waals surface area contributed by atoms with Crippen molar-refractivity contribution in [2.24, 2.45) is 11.7 Å². The Balaban J connectivity index is 0.00000320. The number of nitrogens with two attached hydrogens (primary N) is 1. The predicted molar refractivity (Wildman–Crippen MR) is 117 cm³/mol. The Labute approximate surface area is 183 Å². The van der Waals surface area contributed by atoms with Crippen LogP contribution in [-0.2, 0) is 11.4 Å². The summed E-state index contributed by atoms with van der Waals surface area (Å²) in [7, 11) is 0. The molecule has 0 saturated carbocycles. The second-order valence-corrected chi connectivity index (χ2v) is 7.49. The number of furan rings is 1. The van der Waals surface area contributed by atoms with Crippen LogP contribution in [0.25, 0.3) is 0 Å². The van der Waals surface area contributed by atoms with Gasteiger partial charge in [-0.05, 0) is 50.5 Å². The molecule has 3 N–H and O–H groups in total. The van der Waals surface area contributed by atoms with E-state index in [-0.39, 0.29) is 42.5 Å². The molecule has 1 fully saturated rings. The maximum absolute atomic E-state index is 12.8. The van der Waals surface area contributed by atoms with Crippen molar-refractivity contribution in [3.63, 3.8) is 0 Å². The van der Waals surface area contributed by atoms with Crippen LogP contribution in [0.4, 0.5) is 0 Å². The second-order valence-electron chi connectivity index (χ2n) is 7.49. The number of likely N-dealkylation sites (tertiary alicyclic amines) is 1. The van der Waals surface area contributed by atoms with Crippen molar-refractivity contribution in [1.82, 2.24) is 10.2 Å². The molecule has 2 amide bonds. The van der Waals surface area contributed by atoms with Gasteiger partial charge >= 0.3 is 0 Å². The molecule has 0 bridgehead atoms. The fourth-order valence-electron chi connectivity index (χ4n) is 3.55. The molecule has 0 spiro atoms. The molecule has 0 radical (unpaired) electrons. The maximum Gasteiger partial charge on any atom is 0.289 e. The number of rotatable bonds is 7. The molecule has 30 heavy (non-hydrogen) atoms. The Morgan fingerprint density at radius 2 is 2.07 bits per heavy atom. The number of hydrogen-bond acceptors (Lipinski definition) is 5. The summed E-state index contributed by atoms with van der Waals surface area (Å²) in [5, 5.41) is 2.80. The lowest BCUT2D eigenvalue weighted by molar-refractivity contribution is -0.126. The summed E-state index contributed by atoms with van der Waals surface area (Å²) in [6.07, 6.45) is 1.56. The normalized spacial score (nSPS) is 16.0. The van der Waals surface area contributed by atoms with Crippen molar-refractivity contribution in [3.8, 4) is 5.75 Å². The van der Waals surface area contributed by atoms with Crippen molar-refractivity contribution < 1.29 is 18.7 Å². The Kier molecular flexibility index (Phi) is 8.74. The maximum atomic E-state index is 12.8. The molecule has 1 aromatic carbocycles. The van der Waals surface area contributed by atoms with Crippen LogP contribution in [-0.4, -0.2) is 42.9 Å². The highest BCUT2D eigenvalue weighted by molar-refractivity contribution is 5.92. The minimum atomic E-state index is -0.207. The summed E-state index contributed by atoms with van der Waals surface area (Å²) >= 11 is 0. The lowest BCUT2D eigenvalue weighted by Crippen LogP contribution is -2.46. The lowest BCUT2D eigenvalue weighted by Gasteiger charge is -2.31. The monoisotopic (exact) mass is 435 g/mol. The third-order valence-electron chi connectivity index (χ3n) is 5.10. The van der Waals surface area contributed by atoms with Crippen molar-refractivity contribution in [2.75, 3.05) is 26.2 Å².